The summed E-state index contributed by atoms with van der Waals surface area (Å²) in [5.41, 5.74) is 2.76. The van der Waals surface area contributed by atoms with E-state index in [1.807, 2.05) is 24.3 Å². The zero-order valence-electron chi connectivity index (χ0n) is 18.0. The molecule has 0 atom stereocenters. The van der Waals surface area contributed by atoms with Crippen LogP contribution >= 0.6 is 26.5 Å². The van der Waals surface area contributed by atoms with Crippen LogP contribution in [0.1, 0.15) is 16.8 Å². The first-order valence-electron chi connectivity index (χ1n) is 10.4. The van der Waals surface area contributed by atoms with Crippen molar-refractivity contribution in [3.63, 3.8) is 0 Å². The van der Waals surface area contributed by atoms with Crippen molar-refractivity contribution in [1.82, 2.24) is 15.2 Å². The van der Waals surface area contributed by atoms with Crippen molar-refractivity contribution in [1.29, 1.82) is 0 Å². The fraction of sp³-hybridized carbons (Fsp3) is 0.286. The minimum absolute atomic E-state index is 0.0178. The number of hydrogen-bond donors (Lipinski definition) is 5. The Labute approximate surface area is 205 Å². The van der Waals surface area contributed by atoms with Gasteiger partial charge < -0.3 is 15.8 Å². The first-order valence-corrected chi connectivity index (χ1v) is 13.1. The van der Waals surface area contributed by atoms with Gasteiger partial charge in [-0.2, -0.15) is 10.6 Å². The first kappa shape index (κ1) is 24.4. The van der Waals surface area contributed by atoms with E-state index in [2.05, 4.69) is 46.9 Å². The number of aromatic nitrogens is 2. The van der Waals surface area contributed by atoms with Crippen molar-refractivity contribution in [3.8, 4) is 0 Å². The van der Waals surface area contributed by atoms with E-state index in [4.69, 9.17) is 4.63 Å². The molecule has 0 aliphatic carbocycles. The minimum Gasteiger partial charge on any atom is -0.409 e. The van der Waals surface area contributed by atoms with Gasteiger partial charge in [0.25, 0.3) is 0 Å². The van der Waals surface area contributed by atoms with Crippen LogP contribution in [0.4, 0.5) is 15.9 Å². The fourth-order valence-corrected chi connectivity index (χ4v) is 5.12. The molecular weight excluding hydrogens is 531 g/mol. The lowest BCUT2D eigenvalue weighted by molar-refractivity contribution is 0.278. The molecule has 1 aliphatic heterocycles. The summed E-state index contributed by atoms with van der Waals surface area (Å²) in [4.78, 5) is 2.21. The van der Waals surface area contributed by atoms with Crippen molar-refractivity contribution < 1.29 is 23.3 Å². The number of nitrogens with zero attached hydrogens (tertiary/aromatic N) is 4. The molecule has 13 heteroatoms. The van der Waals surface area contributed by atoms with Crippen molar-refractivity contribution in [2.75, 3.05) is 35.2 Å². The maximum atomic E-state index is 13.5. The summed E-state index contributed by atoms with van der Waals surface area (Å²) in [5.74, 6) is 0.692. The summed E-state index contributed by atoms with van der Waals surface area (Å²) in [7, 11) is -2.39. The molecule has 5 N–H and O–H groups in total. The number of anilines is 2. The average Bonchev–Trinajstić information content (AvgIpc) is 3.29. The van der Waals surface area contributed by atoms with Gasteiger partial charge in [-0.15, -0.1) is 0 Å². The zero-order chi connectivity index (χ0) is 24.1. The van der Waals surface area contributed by atoms with Gasteiger partial charge in [-0.3, -0.25) is 14.0 Å². The third-order valence-electron chi connectivity index (χ3n) is 5.35. The van der Waals surface area contributed by atoms with Crippen LogP contribution < -0.4 is 10.6 Å². The van der Waals surface area contributed by atoms with Crippen LogP contribution in [0.3, 0.4) is 0 Å². The molecule has 0 spiro atoms. The van der Waals surface area contributed by atoms with Gasteiger partial charge in [0.15, 0.2) is 5.69 Å². The maximum Gasteiger partial charge on any atom is 0.203 e. The molecule has 0 saturated carbocycles. The van der Waals surface area contributed by atoms with E-state index in [9.17, 15) is 18.7 Å². The van der Waals surface area contributed by atoms with Crippen LogP contribution in [0.25, 0.3) is 0 Å². The van der Waals surface area contributed by atoms with Crippen LogP contribution in [-0.4, -0.2) is 60.0 Å². The highest BCUT2D eigenvalue weighted by atomic mass is 79.9. The number of nitrogens with one attached hydrogen (secondary N) is 2. The Morgan fingerprint density at radius 1 is 1.12 bits per heavy atom. The summed E-state index contributed by atoms with van der Waals surface area (Å²) >= 11 is 3.11. The molecule has 0 unspecified atom stereocenters. The molecule has 2 aromatic carbocycles. The number of oxime groups is 1. The monoisotopic (exact) mass is 554 g/mol. The van der Waals surface area contributed by atoms with E-state index < -0.39 is 16.4 Å². The van der Waals surface area contributed by atoms with E-state index in [0.29, 0.717) is 36.8 Å². The summed E-state index contributed by atoms with van der Waals surface area (Å²) in [6.07, 6.45) is 0. The fourth-order valence-electron chi connectivity index (χ4n) is 3.43. The third kappa shape index (κ3) is 6.24. The standard InChI is InChI=1S/C21H24BrFN6O4S/c22-17-11-16(5-6-18(17)23)25-21(26-30)19-20(28-33-27-19)24-12-14-1-3-15(4-2-14)13-29-7-9-34(31,32)10-8-29/h1-6,11,30-32H,7-10,12-13H2,(H,24,28)(H,25,26). The highest BCUT2D eigenvalue weighted by Gasteiger charge is 2.22. The van der Waals surface area contributed by atoms with Gasteiger partial charge >= 0.3 is 0 Å². The van der Waals surface area contributed by atoms with Crippen LogP contribution in [0, 0.1) is 5.82 Å². The summed E-state index contributed by atoms with van der Waals surface area (Å²) in [6, 6.07) is 12.3. The maximum absolute atomic E-state index is 13.5. The molecule has 3 aromatic rings. The van der Waals surface area contributed by atoms with Crippen LogP contribution in [0.15, 0.2) is 56.7 Å². The Morgan fingerprint density at radius 2 is 1.82 bits per heavy atom. The van der Waals surface area contributed by atoms with Crippen molar-refractivity contribution >= 4 is 43.9 Å². The number of hydrogen-bond acceptors (Lipinski definition) is 9. The highest BCUT2D eigenvalue weighted by Crippen LogP contribution is 2.40. The number of rotatable bonds is 7. The van der Waals surface area contributed by atoms with Crippen molar-refractivity contribution in [3.05, 3.63) is 69.6 Å². The molecule has 10 nitrogen and oxygen atoms in total. The molecule has 1 aliphatic rings. The van der Waals surface area contributed by atoms with Crippen molar-refractivity contribution in [2.24, 2.45) is 5.16 Å². The van der Waals surface area contributed by atoms with Gasteiger partial charge in [-0.05, 0) is 55.6 Å². The second-order valence-electron chi connectivity index (χ2n) is 7.82. The van der Waals surface area contributed by atoms with Gasteiger partial charge in [0, 0.05) is 31.9 Å². The Bertz CT molecular complexity index is 1150. The summed E-state index contributed by atoms with van der Waals surface area (Å²) in [5, 5.41) is 26.3. The first-order chi connectivity index (χ1) is 16.3. The molecule has 1 saturated heterocycles. The predicted molar refractivity (Wildman–Crippen MR) is 132 cm³/mol. The molecule has 2 heterocycles. The molecule has 1 fully saturated rings. The summed E-state index contributed by atoms with van der Waals surface area (Å²) in [6.45, 7) is 2.52. The van der Waals surface area contributed by atoms with Crippen LogP contribution in [-0.2, 0) is 13.1 Å². The second-order valence-corrected chi connectivity index (χ2v) is 11.1. The largest absolute Gasteiger partial charge is 0.409 e. The molecular formula is C21H24BrFN6O4S. The summed E-state index contributed by atoms with van der Waals surface area (Å²) < 4.78 is 38.0. The van der Waals surface area contributed by atoms with Gasteiger partial charge in [-0.25, -0.2) is 9.02 Å². The lowest BCUT2D eigenvalue weighted by atomic mass is 10.1. The molecule has 34 heavy (non-hydrogen) atoms. The average molecular weight is 555 g/mol. The molecule has 182 valence electrons. The Hall–Kier alpha value is -2.71. The Kier molecular flexibility index (Phi) is 7.68. The minimum atomic E-state index is -2.39. The lowest BCUT2D eigenvalue weighted by Gasteiger charge is -2.41. The number of halogens is 2. The van der Waals surface area contributed by atoms with Crippen molar-refractivity contribution in [2.45, 2.75) is 13.1 Å². The molecule has 4 rings (SSSR count). The third-order valence-corrected chi connectivity index (χ3v) is 7.63. The van der Waals surface area contributed by atoms with Gasteiger partial charge in [0.1, 0.15) is 5.82 Å². The predicted octanol–water partition coefficient (Wildman–Crippen LogP) is 4.40. The van der Waals surface area contributed by atoms with E-state index >= 15 is 0 Å². The van der Waals surface area contributed by atoms with Gasteiger partial charge in [0.2, 0.25) is 11.7 Å². The Morgan fingerprint density at radius 3 is 2.50 bits per heavy atom. The quantitative estimate of drug-likeness (QED) is 0.124. The Balaban J connectivity index is 1.34. The molecule has 0 bridgehead atoms. The molecule has 1 aromatic heterocycles. The smallest absolute Gasteiger partial charge is 0.203 e. The van der Waals surface area contributed by atoms with E-state index in [1.165, 1.54) is 18.2 Å². The molecule has 0 amide bonds. The SMILES string of the molecule is O/N=C(\Nc1ccc(F)c(Br)c1)c1nonc1NCc1ccc(CN2CCS(O)(O)CC2)cc1. The number of amidine groups is 1. The van der Waals surface area contributed by atoms with Crippen LogP contribution in [0.2, 0.25) is 0 Å². The van der Waals surface area contributed by atoms with E-state index in [0.717, 1.165) is 17.7 Å². The topological polar surface area (TPSA) is 139 Å². The molecule has 0 radical (unpaired) electrons. The zero-order valence-corrected chi connectivity index (χ0v) is 20.4. The van der Waals surface area contributed by atoms with Gasteiger partial charge in [0.05, 0.1) is 16.0 Å². The highest BCUT2D eigenvalue weighted by molar-refractivity contribution is 9.10. The van der Waals surface area contributed by atoms with E-state index in [1.54, 1.807) is 0 Å². The lowest BCUT2D eigenvalue weighted by Crippen LogP contribution is -2.37. The second kappa shape index (κ2) is 10.7. The van der Waals surface area contributed by atoms with Crippen LogP contribution in [0.5, 0.6) is 0 Å². The van der Waals surface area contributed by atoms with E-state index in [-0.39, 0.29) is 21.8 Å². The number of benzene rings is 2. The van der Waals surface area contributed by atoms with Gasteiger partial charge in [-0.1, -0.05) is 29.4 Å². The normalized spacial score (nSPS) is 17.4.